The molecule has 0 radical (unpaired) electrons. The Morgan fingerprint density at radius 3 is 2.27 bits per heavy atom. The smallest absolute Gasteiger partial charge is 0.119 e. The number of aryl methyl sites for hydroxylation is 2. The van der Waals surface area contributed by atoms with Crippen LogP contribution >= 0.6 is 0 Å². The number of hydrogen-bond acceptors (Lipinski definition) is 3. The molecule has 0 amide bonds. The Kier molecular flexibility index (Phi) is 7.72. The lowest BCUT2D eigenvalue weighted by Gasteiger charge is -2.10. The molecule has 0 bridgehead atoms. The van der Waals surface area contributed by atoms with E-state index in [-0.39, 0.29) is 0 Å². The standard InChI is InChI=1S/C30H34N2O/c1-4-6-7-8-9-18-33-26-14-11-24(12-15-26)25-13-17-29(31-21-25)30-20-23(5-2)27-19-22(3)10-16-28(27)32-30/h10-17,19-21H,4-9,18H2,1-3H3. The van der Waals surface area contributed by atoms with Crippen molar-refractivity contribution in [2.24, 2.45) is 0 Å². The molecule has 3 nitrogen and oxygen atoms in total. The van der Waals surface area contributed by atoms with E-state index in [4.69, 9.17) is 14.7 Å². The predicted molar refractivity (Wildman–Crippen MR) is 139 cm³/mol. The van der Waals surface area contributed by atoms with Crippen molar-refractivity contribution in [3.05, 3.63) is 78.0 Å². The number of benzene rings is 2. The van der Waals surface area contributed by atoms with Gasteiger partial charge in [0.2, 0.25) is 0 Å². The zero-order chi connectivity index (χ0) is 23.0. The highest BCUT2D eigenvalue weighted by atomic mass is 16.5. The normalized spacial score (nSPS) is 11.1. The third kappa shape index (κ3) is 5.78. The molecule has 0 aliphatic rings. The summed E-state index contributed by atoms with van der Waals surface area (Å²) in [6.07, 6.45) is 9.17. The van der Waals surface area contributed by atoms with E-state index in [1.165, 1.54) is 42.2 Å². The third-order valence-corrected chi connectivity index (χ3v) is 6.16. The SMILES string of the molecule is CCCCCCCOc1ccc(-c2ccc(-c3cc(CC)c4cc(C)ccc4n3)nc2)cc1. The van der Waals surface area contributed by atoms with Crippen molar-refractivity contribution < 1.29 is 4.74 Å². The summed E-state index contributed by atoms with van der Waals surface area (Å²) in [5.74, 6) is 0.932. The minimum absolute atomic E-state index is 0.789. The lowest BCUT2D eigenvalue weighted by molar-refractivity contribution is 0.304. The zero-order valence-corrected chi connectivity index (χ0v) is 20.1. The van der Waals surface area contributed by atoms with Gasteiger partial charge in [-0.1, -0.05) is 69.4 Å². The summed E-state index contributed by atoms with van der Waals surface area (Å²) in [4.78, 5) is 9.62. The highest BCUT2D eigenvalue weighted by Crippen LogP contribution is 2.27. The number of nitrogens with zero attached hydrogens (tertiary/aromatic N) is 2. The summed E-state index contributed by atoms with van der Waals surface area (Å²) in [5.41, 5.74) is 7.67. The molecule has 4 rings (SSSR count). The molecule has 0 saturated carbocycles. The minimum Gasteiger partial charge on any atom is -0.494 e. The van der Waals surface area contributed by atoms with Crippen molar-refractivity contribution in [3.8, 4) is 28.3 Å². The molecule has 0 fully saturated rings. The van der Waals surface area contributed by atoms with Crippen LogP contribution in [0.5, 0.6) is 5.75 Å². The number of aromatic nitrogens is 2. The van der Waals surface area contributed by atoms with E-state index in [9.17, 15) is 0 Å². The molecular formula is C30H34N2O. The maximum absolute atomic E-state index is 5.89. The zero-order valence-electron chi connectivity index (χ0n) is 20.1. The topological polar surface area (TPSA) is 35.0 Å². The molecule has 0 saturated heterocycles. The van der Waals surface area contributed by atoms with Gasteiger partial charge in [0, 0.05) is 17.1 Å². The van der Waals surface area contributed by atoms with Crippen LogP contribution < -0.4 is 4.74 Å². The summed E-state index contributed by atoms with van der Waals surface area (Å²) in [6, 6.07) is 21.1. The van der Waals surface area contributed by atoms with Crippen LogP contribution in [0.3, 0.4) is 0 Å². The molecule has 0 spiro atoms. The van der Waals surface area contributed by atoms with Gasteiger partial charge in [0.25, 0.3) is 0 Å². The first-order valence-corrected chi connectivity index (χ1v) is 12.3. The summed E-state index contributed by atoms with van der Waals surface area (Å²) < 4.78 is 5.89. The van der Waals surface area contributed by atoms with Crippen LogP contribution in [0.25, 0.3) is 33.4 Å². The second-order valence-corrected chi connectivity index (χ2v) is 8.76. The molecule has 170 valence electrons. The predicted octanol–water partition coefficient (Wildman–Crippen LogP) is 8.18. The van der Waals surface area contributed by atoms with Gasteiger partial charge in [0.1, 0.15) is 5.75 Å². The van der Waals surface area contributed by atoms with Gasteiger partial charge in [-0.05, 0) is 67.3 Å². The third-order valence-electron chi connectivity index (χ3n) is 6.16. The molecule has 0 aliphatic carbocycles. The Hall–Kier alpha value is -3.20. The van der Waals surface area contributed by atoms with E-state index in [0.717, 1.165) is 53.2 Å². The van der Waals surface area contributed by atoms with E-state index in [1.807, 2.05) is 6.20 Å². The first kappa shape index (κ1) is 23.0. The van der Waals surface area contributed by atoms with Crippen molar-refractivity contribution in [3.63, 3.8) is 0 Å². The molecule has 3 heteroatoms. The molecule has 2 heterocycles. The molecule has 2 aromatic carbocycles. The van der Waals surface area contributed by atoms with Crippen molar-refractivity contribution in [2.45, 2.75) is 59.3 Å². The number of pyridine rings is 2. The van der Waals surface area contributed by atoms with Crippen LogP contribution in [0.1, 0.15) is 57.1 Å². The summed E-state index contributed by atoms with van der Waals surface area (Å²) >= 11 is 0. The lowest BCUT2D eigenvalue weighted by atomic mass is 10.0. The molecule has 0 unspecified atom stereocenters. The van der Waals surface area contributed by atoms with Gasteiger partial charge in [0.15, 0.2) is 0 Å². The summed E-state index contributed by atoms with van der Waals surface area (Å²) in [5, 5.41) is 1.24. The number of unbranched alkanes of at least 4 members (excludes halogenated alkanes) is 4. The number of fused-ring (bicyclic) bond motifs is 1. The highest BCUT2D eigenvalue weighted by molar-refractivity contribution is 5.85. The second kappa shape index (κ2) is 11.1. The van der Waals surface area contributed by atoms with E-state index < -0.39 is 0 Å². The molecule has 0 aliphatic heterocycles. The Morgan fingerprint density at radius 1 is 0.758 bits per heavy atom. The van der Waals surface area contributed by atoms with Crippen molar-refractivity contribution >= 4 is 10.9 Å². The number of hydrogen-bond donors (Lipinski definition) is 0. The van der Waals surface area contributed by atoms with Gasteiger partial charge in [-0.15, -0.1) is 0 Å². The van der Waals surface area contributed by atoms with Crippen LogP contribution in [-0.2, 0) is 6.42 Å². The van der Waals surface area contributed by atoms with E-state index in [0.29, 0.717) is 0 Å². The average molecular weight is 439 g/mol. The average Bonchev–Trinajstić information content (AvgIpc) is 2.86. The van der Waals surface area contributed by atoms with Gasteiger partial charge >= 0.3 is 0 Å². The highest BCUT2D eigenvalue weighted by Gasteiger charge is 2.09. The van der Waals surface area contributed by atoms with Crippen LogP contribution in [0, 0.1) is 6.92 Å². The fourth-order valence-electron chi connectivity index (χ4n) is 4.19. The van der Waals surface area contributed by atoms with E-state index in [2.05, 4.69) is 81.4 Å². The molecule has 4 aromatic rings. The summed E-state index contributed by atoms with van der Waals surface area (Å²) in [7, 11) is 0. The van der Waals surface area contributed by atoms with Crippen molar-refractivity contribution in [2.75, 3.05) is 6.61 Å². The molecule has 0 atom stereocenters. The lowest BCUT2D eigenvalue weighted by Crippen LogP contribution is -1.97. The Morgan fingerprint density at radius 2 is 1.55 bits per heavy atom. The number of rotatable bonds is 10. The van der Waals surface area contributed by atoms with Gasteiger partial charge in [-0.25, -0.2) is 4.98 Å². The number of ether oxygens (including phenoxy) is 1. The fourth-order valence-corrected chi connectivity index (χ4v) is 4.19. The first-order valence-electron chi connectivity index (χ1n) is 12.3. The van der Waals surface area contributed by atoms with Crippen LogP contribution in [0.15, 0.2) is 66.9 Å². The minimum atomic E-state index is 0.789. The second-order valence-electron chi connectivity index (χ2n) is 8.76. The van der Waals surface area contributed by atoms with Gasteiger partial charge in [-0.3, -0.25) is 4.98 Å². The molecule has 33 heavy (non-hydrogen) atoms. The fraction of sp³-hybridized carbons (Fsp3) is 0.333. The van der Waals surface area contributed by atoms with Gasteiger partial charge in [-0.2, -0.15) is 0 Å². The molecular weight excluding hydrogens is 404 g/mol. The largest absolute Gasteiger partial charge is 0.494 e. The monoisotopic (exact) mass is 438 g/mol. The Labute approximate surface area is 197 Å². The molecule has 2 aromatic heterocycles. The maximum atomic E-state index is 5.89. The Balaban J connectivity index is 1.45. The van der Waals surface area contributed by atoms with E-state index in [1.54, 1.807) is 0 Å². The van der Waals surface area contributed by atoms with E-state index >= 15 is 0 Å². The quantitative estimate of drug-likeness (QED) is 0.234. The first-order chi connectivity index (χ1) is 16.2. The van der Waals surface area contributed by atoms with Crippen LogP contribution in [0.2, 0.25) is 0 Å². The maximum Gasteiger partial charge on any atom is 0.119 e. The van der Waals surface area contributed by atoms with Crippen molar-refractivity contribution in [1.29, 1.82) is 0 Å². The van der Waals surface area contributed by atoms with Crippen molar-refractivity contribution in [1.82, 2.24) is 9.97 Å². The van der Waals surface area contributed by atoms with Gasteiger partial charge < -0.3 is 4.74 Å². The van der Waals surface area contributed by atoms with Gasteiger partial charge in [0.05, 0.1) is 23.5 Å². The Bertz CT molecular complexity index is 1180. The molecule has 0 N–H and O–H groups in total. The van der Waals surface area contributed by atoms with Crippen LogP contribution in [-0.4, -0.2) is 16.6 Å². The summed E-state index contributed by atoms with van der Waals surface area (Å²) in [6.45, 7) is 7.35. The van der Waals surface area contributed by atoms with Crippen LogP contribution in [0.4, 0.5) is 0 Å².